The van der Waals surface area contributed by atoms with Crippen LogP contribution in [-0.4, -0.2) is 9.78 Å². The minimum absolute atomic E-state index is 0.104. The van der Waals surface area contributed by atoms with Gasteiger partial charge in [-0.05, 0) is 43.5 Å². The Morgan fingerprint density at radius 2 is 1.90 bits per heavy atom. The molecule has 1 heterocycles. The number of ether oxygens (including phenoxy) is 1. The minimum atomic E-state index is 0.104. The van der Waals surface area contributed by atoms with E-state index < -0.39 is 0 Å². The Hall–Kier alpha value is -1.81. The van der Waals surface area contributed by atoms with Gasteiger partial charge in [-0.1, -0.05) is 26.0 Å². The van der Waals surface area contributed by atoms with Gasteiger partial charge in [0.2, 0.25) is 0 Å². The molecule has 4 nitrogen and oxygen atoms in total. The largest absolute Gasteiger partial charge is 0.487 e. The van der Waals surface area contributed by atoms with E-state index in [0.717, 1.165) is 42.1 Å². The van der Waals surface area contributed by atoms with Gasteiger partial charge in [0.05, 0.1) is 11.4 Å². The van der Waals surface area contributed by atoms with Crippen molar-refractivity contribution in [1.82, 2.24) is 9.78 Å². The Morgan fingerprint density at radius 3 is 2.48 bits per heavy atom. The number of aromatic nitrogens is 2. The lowest BCUT2D eigenvalue weighted by Gasteiger charge is -2.11. The van der Waals surface area contributed by atoms with E-state index in [4.69, 9.17) is 10.5 Å². The summed E-state index contributed by atoms with van der Waals surface area (Å²) in [5.41, 5.74) is 9.39. The second-order valence-electron chi connectivity index (χ2n) is 5.17. The Kier molecular flexibility index (Phi) is 5.39. The number of hydrogen-bond donors (Lipinski definition) is 1. The van der Waals surface area contributed by atoms with Crippen molar-refractivity contribution in [3.63, 3.8) is 0 Å². The average Bonchev–Trinajstić information content (AvgIpc) is 2.95. The molecule has 2 aromatic rings. The van der Waals surface area contributed by atoms with E-state index in [0.29, 0.717) is 6.61 Å². The zero-order chi connectivity index (χ0) is 15.2. The molecule has 1 unspecified atom stereocenters. The molecule has 114 valence electrons. The van der Waals surface area contributed by atoms with Crippen LogP contribution in [0.1, 0.15) is 50.2 Å². The number of nitrogens with two attached hydrogens (primary N) is 1. The smallest absolute Gasteiger partial charge is 0.130 e. The van der Waals surface area contributed by atoms with Gasteiger partial charge in [0.1, 0.15) is 12.4 Å². The number of aryl methyl sites for hydroxylation is 2. The van der Waals surface area contributed by atoms with E-state index in [9.17, 15) is 0 Å². The first-order valence-corrected chi connectivity index (χ1v) is 7.71. The summed E-state index contributed by atoms with van der Waals surface area (Å²) in [7, 11) is 0. The fraction of sp³-hybridized carbons (Fsp3) is 0.471. The number of nitrogens with zero attached hydrogens (tertiary/aromatic N) is 2. The highest BCUT2D eigenvalue weighted by Crippen LogP contribution is 2.19. The van der Waals surface area contributed by atoms with Crippen LogP contribution in [-0.2, 0) is 19.6 Å². The third-order valence-corrected chi connectivity index (χ3v) is 3.71. The zero-order valence-electron chi connectivity index (χ0n) is 13.2. The molecule has 0 amide bonds. The van der Waals surface area contributed by atoms with Crippen LogP contribution in [0.4, 0.5) is 0 Å². The van der Waals surface area contributed by atoms with Crippen LogP contribution in [0.3, 0.4) is 0 Å². The van der Waals surface area contributed by atoms with Gasteiger partial charge in [-0.15, -0.1) is 0 Å². The van der Waals surface area contributed by atoms with Crippen LogP contribution in [0.25, 0.3) is 0 Å². The topological polar surface area (TPSA) is 53.1 Å². The summed E-state index contributed by atoms with van der Waals surface area (Å²) >= 11 is 0. The van der Waals surface area contributed by atoms with Gasteiger partial charge < -0.3 is 10.5 Å². The van der Waals surface area contributed by atoms with Crippen molar-refractivity contribution < 1.29 is 4.74 Å². The molecule has 0 radical (unpaired) electrons. The molecule has 1 atom stereocenters. The average molecular weight is 287 g/mol. The van der Waals surface area contributed by atoms with Crippen molar-refractivity contribution in [2.45, 2.75) is 52.8 Å². The van der Waals surface area contributed by atoms with Gasteiger partial charge in [-0.3, -0.25) is 4.68 Å². The maximum absolute atomic E-state index is 6.01. The molecule has 0 spiro atoms. The molecule has 1 aromatic heterocycles. The number of hydrogen-bond acceptors (Lipinski definition) is 3. The minimum Gasteiger partial charge on any atom is -0.487 e. The summed E-state index contributed by atoms with van der Waals surface area (Å²) in [5.74, 6) is 0.865. The van der Waals surface area contributed by atoms with E-state index in [1.807, 2.05) is 28.9 Å². The van der Waals surface area contributed by atoms with E-state index in [-0.39, 0.29) is 6.04 Å². The van der Waals surface area contributed by atoms with Gasteiger partial charge in [-0.2, -0.15) is 5.10 Å². The second-order valence-corrected chi connectivity index (χ2v) is 5.17. The van der Waals surface area contributed by atoms with E-state index in [2.05, 4.69) is 31.9 Å². The Labute approximate surface area is 126 Å². The maximum atomic E-state index is 6.01. The third kappa shape index (κ3) is 3.85. The van der Waals surface area contributed by atoms with Crippen molar-refractivity contribution in [2.75, 3.05) is 0 Å². The lowest BCUT2D eigenvalue weighted by molar-refractivity contribution is 0.292. The van der Waals surface area contributed by atoms with Crippen LogP contribution in [0.5, 0.6) is 5.75 Å². The highest BCUT2D eigenvalue weighted by atomic mass is 16.5. The molecule has 0 aliphatic carbocycles. The van der Waals surface area contributed by atoms with E-state index in [1.165, 1.54) is 0 Å². The molecule has 0 bridgehead atoms. The zero-order valence-corrected chi connectivity index (χ0v) is 13.2. The predicted octanol–water partition coefficient (Wildman–Crippen LogP) is 3.45. The fourth-order valence-corrected chi connectivity index (χ4v) is 2.28. The molecule has 0 saturated carbocycles. The lowest BCUT2D eigenvalue weighted by Crippen LogP contribution is -2.08. The predicted molar refractivity (Wildman–Crippen MR) is 85.3 cm³/mol. The first-order chi connectivity index (χ1) is 10.2. The molecule has 4 heteroatoms. The fourth-order valence-electron chi connectivity index (χ4n) is 2.28. The molecule has 1 aromatic carbocycles. The van der Waals surface area contributed by atoms with Crippen LogP contribution < -0.4 is 10.5 Å². The summed E-state index contributed by atoms with van der Waals surface area (Å²) < 4.78 is 7.86. The lowest BCUT2D eigenvalue weighted by atomic mass is 10.1. The summed E-state index contributed by atoms with van der Waals surface area (Å²) in [6.45, 7) is 7.70. The normalized spacial score (nSPS) is 12.4. The summed E-state index contributed by atoms with van der Waals surface area (Å²) in [6, 6.07) is 10.3. The molecule has 0 aliphatic heterocycles. The molecular formula is C17H25N3O. The molecule has 21 heavy (non-hydrogen) atoms. The van der Waals surface area contributed by atoms with Crippen molar-refractivity contribution in [3.8, 4) is 5.75 Å². The molecule has 2 N–H and O–H groups in total. The van der Waals surface area contributed by atoms with Crippen molar-refractivity contribution in [1.29, 1.82) is 0 Å². The third-order valence-electron chi connectivity index (χ3n) is 3.71. The molecule has 0 fully saturated rings. The SMILES string of the molecule is CCc1cc(COc2ccc(C(N)CC)cc2)n(CC)n1. The quantitative estimate of drug-likeness (QED) is 0.848. The van der Waals surface area contributed by atoms with E-state index >= 15 is 0 Å². The van der Waals surface area contributed by atoms with Gasteiger partial charge in [0.25, 0.3) is 0 Å². The van der Waals surface area contributed by atoms with Crippen LogP contribution in [0, 0.1) is 0 Å². The standard InChI is InChI=1S/C17H25N3O/c1-4-14-11-15(20(6-3)19-14)12-21-16-9-7-13(8-10-16)17(18)5-2/h7-11,17H,4-6,12,18H2,1-3H3. The summed E-state index contributed by atoms with van der Waals surface area (Å²) in [4.78, 5) is 0. The van der Waals surface area contributed by atoms with Gasteiger partial charge in [0.15, 0.2) is 0 Å². The van der Waals surface area contributed by atoms with Crippen LogP contribution in [0.2, 0.25) is 0 Å². The van der Waals surface area contributed by atoms with Crippen LogP contribution >= 0.6 is 0 Å². The first-order valence-electron chi connectivity index (χ1n) is 7.71. The maximum Gasteiger partial charge on any atom is 0.130 e. The van der Waals surface area contributed by atoms with Gasteiger partial charge in [0, 0.05) is 12.6 Å². The van der Waals surface area contributed by atoms with E-state index in [1.54, 1.807) is 0 Å². The number of rotatable bonds is 7. The van der Waals surface area contributed by atoms with Gasteiger partial charge >= 0.3 is 0 Å². The van der Waals surface area contributed by atoms with Crippen molar-refractivity contribution in [3.05, 3.63) is 47.3 Å². The van der Waals surface area contributed by atoms with Crippen LogP contribution in [0.15, 0.2) is 30.3 Å². The van der Waals surface area contributed by atoms with Crippen molar-refractivity contribution in [2.24, 2.45) is 5.73 Å². The Balaban J connectivity index is 2.01. The Bertz CT molecular complexity index is 560. The second kappa shape index (κ2) is 7.27. The molecule has 0 aliphatic rings. The highest BCUT2D eigenvalue weighted by Gasteiger charge is 2.07. The van der Waals surface area contributed by atoms with Crippen molar-refractivity contribution >= 4 is 0 Å². The molecular weight excluding hydrogens is 262 g/mol. The Morgan fingerprint density at radius 1 is 1.19 bits per heavy atom. The molecule has 2 rings (SSSR count). The monoisotopic (exact) mass is 287 g/mol. The van der Waals surface area contributed by atoms with Gasteiger partial charge in [-0.25, -0.2) is 0 Å². The summed E-state index contributed by atoms with van der Waals surface area (Å²) in [6.07, 6.45) is 1.89. The summed E-state index contributed by atoms with van der Waals surface area (Å²) in [5, 5.41) is 4.53. The molecule has 0 saturated heterocycles. The number of benzene rings is 1. The first kappa shape index (κ1) is 15.6. The highest BCUT2D eigenvalue weighted by molar-refractivity contribution is 5.29.